The Hall–Kier alpha value is -1.06. The summed E-state index contributed by atoms with van der Waals surface area (Å²) in [6, 6.07) is 0. The molecule has 48 valence electrons. The summed E-state index contributed by atoms with van der Waals surface area (Å²) in [6.45, 7) is 0. The summed E-state index contributed by atoms with van der Waals surface area (Å²) in [4.78, 5) is 13.2. The normalized spacial score (nSPS) is 26.2. The van der Waals surface area contributed by atoms with E-state index in [0.717, 1.165) is 12.3 Å². The minimum atomic E-state index is -2.17. The third-order valence-corrected chi connectivity index (χ3v) is 0.894. The zero-order chi connectivity index (χ0) is 6.85. The lowest BCUT2D eigenvalue weighted by Gasteiger charge is -2.01. The highest BCUT2D eigenvalue weighted by Gasteiger charge is 2.23. The molecule has 0 aromatic rings. The first-order chi connectivity index (χ1) is 4.22. The SMILES string of the molecule is O=C1N=CC=C(F)C1F. The fourth-order valence-electron chi connectivity index (χ4n) is 0.450. The number of hydrogen-bond donors (Lipinski definition) is 0. The van der Waals surface area contributed by atoms with Gasteiger partial charge < -0.3 is 0 Å². The number of rotatable bonds is 0. The molecule has 1 aliphatic heterocycles. The largest absolute Gasteiger partial charge is 0.287 e. The Morgan fingerprint density at radius 2 is 2.33 bits per heavy atom. The van der Waals surface area contributed by atoms with Crippen LogP contribution in [-0.2, 0) is 4.79 Å². The Balaban J connectivity index is 2.86. The molecule has 0 aromatic heterocycles. The molecule has 0 spiro atoms. The average molecular weight is 131 g/mol. The Labute approximate surface area is 49.9 Å². The smallest absolute Gasteiger partial charge is 0.269 e. The minimum Gasteiger partial charge on any atom is -0.269 e. The van der Waals surface area contributed by atoms with Crippen molar-refractivity contribution in [2.24, 2.45) is 4.99 Å². The molecule has 1 aliphatic rings. The topological polar surface area (TPSA) is 29.4 Å². The van der Waals surface area contributed by atoms with E-state index in [1.54, 1.807) is 0 Å². The van der Waals surface area contributed by atoms with Crippen LogP contribution in [0.4, 0.5) is 8.78 Å². The number of dihydropyridines is 1. The van der Waals surface area contributed by atoms with Gasteiger partial charge in [0.15, 0.2) is 0 Å². The summed E-state index contributed by atoms with van der Waals surface area (Å²) in [6.07, 6.45) is -0.408. The molecule has 0 saturated heterocycles. The number of allylic oxidation sites excluding steroid dienone is 1. The van der Waals surface area contributed by atoms with Crippen LogP contribution in [0, 0.1) is 0 Å². The van der Waals surface area contributed by atoms with Gasteiger partial charge in [-0.1, -0.05) is 0 Å². The first-order valence-corrected chi connectivity index (χ1v) is 2.29. The molecule has 9 heavy (non-hydrogen) atoms. The molecule has 2 nitrogen and oxygen atoms in total. The summed E-state index contributed by atoms with van der Waals surface area (Å²) in [5.74, 6) is -2.15. The van der Waals surface area contributed by atoms with Crippen molar-refractivity contribution in [1.29, 1.82) is 0 Å². The lowest BCUT2D eigenvalue weighted by Crippen LogP contribution is -2.16. The molecule has 1 rings (SSSR count). The van der Waals surface area contributed by atoms with Gasteiger partial charge in [0.1, 0.15) is 5.83 Å². The molecule has 0 radical (unpaired) electrons. The number of aliphatic imine (C=N–C) groups is 1. The van der Waals surface area contributed by atoms with Crippen LogP contribution < -0.4 is 0 Å². The average Bonchev–Trinajstić information content (AvgIpc) is 1.83. The van der Waals surface area contributed by atoms with Crippen molar-refractivity contribution in [1.82, 2.24) is 0 Å². The second-order valence-corrected chi connectivity index (χ2v) is 1.53. The van der Waals surface area contributed by atoms with Crippen LogP contribution in [0.1, 0.15) is 0 Å². The summed E-state index contributed by atoms with van der Waals surface area (Å²) in [7, 11) is 0. The van der Waals surface area contributed by atoms with Crippen molar-refractivity contribution in [3.8, 4) is 0 Å². The highest BCUT2D eigenvalue weighted by Crippen LogP contribution is 2.11. The Morgan fingerprint density at radius 1 is 1.67 bits per heavy atom. The number of carbonyl (C=O) groups excluding carboxylic acids is 1. The fourth-order valence-corrected chi connectivity index (χ4v) is 0.450. The molecule has 0 N–H and O–H groups in total. The molecule has 0 aromatic carbocycles. The predicted molar refractivity (Wildman–Crippen MR) is 27.6 cm³/mol. The van der Waals surface area contributed by atoms with Gasteiger partial charge >= 0.3 is 0 Å². The van der Waals surface area contributed by atoms with Crippen LogP contribution in [0.2, 0.25) is 0 Å². The van der Waals surface area contributed by atoms with Gasteiger partial charge in [-0.2, -0.15) is 0 Å². The molecular weight excluding hydrogens is 128 g/mol. The number of hydrogen-bond acceptors (Lipinski definition) is 1. The van der Waals surface area contributed by atoms with Crippen LogP contribution in [0.15, 0.2) is 16.9 Å². The van der Waals surface area contributed by atoms with E-state index < -0.39 is 17.9 Å². The lowest BCUT2D eigenvalue weighted by molar-refractivity contribution is -0.121. The highest BCUT2D eigenvalue weighted by atomic mass is 19.2. The lowest BCUT2D eigenvalue weighted by atomic mass is 10.3. The molecule has 0 bridgehead atoms. The molecule has 1 atom stereocenters. The third kappa shape index (κ3) is 1.01. The van der Waals surface area contributed by atoms with Gasteiger partial charge in [-0.05, 0) is 6.08 Å². The number of carbonyl (C=O) groups is 1. The van der Waals surface area contributed by atoms with Gasteiger partial charge in [-0.15, -0.1) is 0 Å². The van der Waals surface area contributed by atoms with Crippen LogP contribution in [-0.4, -0.2) is 18.3 Å². The number of halogens is 2. The van der Waals surface area contributed by atoms with E-state index in [-0.39, 0.29) is 0 Å². The van der Waals surface area contributed by atoms with Gasteiger partial charge in [0, 0.05) is 6.21 Å². The molecule has 1 unspecified atom stereocenters. The number of alkyl halides is 1. The zero-order valence-corrected chi connectivity index (χ0v) is 4.34. The molecule has 0 fully saturated rings. The second kappa shape index (κ2) is 2.05. The van der Waals surface area contributed by atoms with E-state index >= 15 is 0 Å². The molecule has 0 aliphatic carbocycles. The monoisotopic (exact) mass is 131 g/mol. The fraction of sp³-hybridized carbons (Fsp3) is 0.200. The molecule has 1 amide bonds. The van der Waals surface area contributed by atoms with Gasteiger partial charge in [-0.25, -0.2) is 13.8 Å². The van der Waals surface area contributed by atoms with Crippen molar-refractivity contribution < 1.29 is 13.6 Å². The number of amides is 1. The maximum Gasteiger partial charge on any atom is 0.287 e. The maximum atomic E-state index is 12.1. The second-order valence-electron chi connectivity index (χ2n) is 1.53. The Kier molecular flexibility index (Phi) is 1.38. The Morgan fingerprint density at radius 3 is 2.78 bits per heavy atom. The molecular formula is C5H3F2NO. The van der Waals surface area contributed by atoms with Crippen molar-refractivity contribution in [3.05, 3.63) is 11.9 Å². The van der Waals surface area contributed by atoms with Crippen molar-refractivity contribution in [3.63, 3.8) is 0 Å². The van der Waals surface area contributed by atoms with Crippen molar-refractivity contribution in [2.75, 3.05) is 0 Å². The standard InChI is InChI=1S/C5H3F2NO/c6-3-1-2-8-5(9)4(3)7/h1-2,4H. The summed E-state index contributed by atoms with van der Waals surface area (Å²) in [5, 5.41) is 0. The summed E-state index contributed by atoms with van der Waals surface area (Å²) < 4.78 is 24.1. The van der Waals surface area contributed by atoms with E-state index in [9.17, 15) is 13.6 Å². The summed E-state index contributed by atoms with van der Waals surface area (Å²) >= 11 is 0. The van der Waals surface area contributed by atoms with Crippen molar-refractivity contribution >= 4 is 12.1 Å². The first-order valence-electron chi connectivity index (χ1n) is 2.29. The van der Waals surface area contributed by atoms with Gasteiger partial charge in [0.2, 0.25) is 6.17 Å². The first kappa shape index (κ1) is 6.07. The minimum absolute atomic E-state index is 0.825. The quantitative estimate of drug-likeness (QED) is 0.477. The van der Waals surface area contributed by atoms with E-state index in [4.69, 9.17) is 0 Å². The van der Waals surface area contributed by atoms with Crippen molar-refractivity contribution in [2.45, 2.75) is 6.17 Å². The van der Waals surface area contributed by atoms with Gasteiger partial charge in [0.25, 0.3) is 5.91 Å². The van der Waals surface area contributed by atoms with Crippen LogP contribution in [0.3, 0.4) is 0 Å². The maximum absolute atomic E-state index is 12.1. The highest BCUT2D eigenvalue weighted by molar-refractivity contribution is 5.96. The van der Waals surface area contributed by atoms with Crippen LogP contribution in [0.5, 0.6) is 0 Å². The van der Waals surface area contributed by atoms with E-state index in [0.29, 0.717) is 0 Å². The molecule has 1 heterocycles. The van der Waals surface area contributed by atoms with E-state index in [1.807, 2.05) is 0 Å². The van der Waals surface area contributed by atoms with Gasteiger partial charge in [-0.3, -0.25) is 4.79 Å². The third-order valence-electron chi connectivity index (χ3n) is 0.894. The number of nitrogens with zero attached hydrogens (tertiary/aromatic N) is 1. The van der Waals surface area contributed by atoms with Crippen LogP contribution >= 0.6 is 0 Å². The van der Waals surface area contributed by atoms with Crippen LogP contribution in [0.25, 0.3) is 0 Å². The van der Waals surface area contributed by atoms with E-state index in [1.165, 1.54) is 0 Å². The zero-order valence-electron chi connectivity index (χ0n) is 4.34. The summed E-state index contributed by atoms with van der Waals surface area (Å²) in [5.41, 5.74) is 0. The van der Waals surface area contributed by atoms with Gasteiger partial charge in [0.05, 0.1) is 0 Å². The predicted octanol–water partition coefficient (Wildman–Crippen LogP) is 0.789. The molecule has 0 saturated carbocycles. The molecule has 4 heteroatoms. The van der Waals surface area contributed by atoms with E-state index in [2.05, 4.69) is 4.99 Å². The Bertz CT molecular complexity index is 197.